The van der Waals surface area contributed by atoms with Gasteiger partial charge in [0.05, 0.1) is 0 Å². The third-order valence-corrected chi connectivity index (χ3v) is 43.6. The third-order valence-electron chi connectivity index (χ3n) is 13.0. The molecule has 0 spiro atoms. The van der Waals surface area contributed by atoms with Crippen LogP contribution in [0.4, 0.5) is 0 Å². The van der Waals surface area contributed by atoms with Crippen LogP contribution in [0.2, 0.25) is 9.26 Å². The molecule has 0 amide bonds. The molecule has 256 valence electrons. The van der Waals surface area contributed by atoms with Gasteiger partial charge in [-0.2, -0.15) is 0 Å². The maximum absolute atomic E-state index is 9.41. The molecule has 0 radical (unpaired) electrons. The number of halogens is 1. The van der Waals surface area contributed by atoms with E-state index in [1.54, 1.807) is 0 Å². The molecule has 0 nitrogen and oxygen atoms in total. The van der Waals surface area contributed by atoms with Crippen molar-refractivity contribution in [1.82, 2.24) is 0 Å². The van der Waals surface area contributed by atoms with Crippen molar-refractivity contribution in [2.75, 3.05) is 0 Å². The van der Waals surface area contributed by atoms with Crippen molar-refractivity contribution in [2.24, 2.45) is 0 Å². The number of allylic oxidation sites excluding steroid dienone is 2. The van der Waals surface area contributed by atoms with E-state index in [0.717, 1.165) is 4.13 Å². The predicted molar refractivity (Wildman–Crippen MR) is 228 cm³/mol. The average Bonchev–Trinajstić information content (AvgIpc) is 3.69. The van der Waals surface area contributed by atoms with Crippen molar-refractivity contribution in [3.8, 4) is 22.3 Å². The number of fused-ring (bicyclic) bond motifs is 4. The van der Waals surface area contributed by atoms with Crippen LogP contribution < -0.4 is 0 Å². The quantitative estimate of drug-likeness (QED) is 0.147. The minimum atomic E-state index is -5.83. The number of hydrogen-bond donors (Lipinski definition) is 0. The molecule has 0 aliphatic heterocycles. The summed E-state index contributed by atoms with van der Waals surface area (Å²) in [5.41, 5.74) is 14.6. The standard InChI is InChI=1S/2C20H15.C7H7.2CH3.ClH.H2Si.Zr/c2*1-14-12-16-8-5-11-19(20(16)13-14)18-10-4-7-15-6-2-3-9-17(15)18;1-7-5-3-2-4-6-7;;;;;/h2*2-13H,1H3;2-6H,1H2;2*1H3;1H;1H2;/q;;;;;;;+1/p-1. The second-order valence-corrected chi connectivity index (χ2v) is 78.4. The van der Waals surface area contributed by atoms with E-state index in [-0.39, 0.29) is 7.25 Å². The Kier molecular flexibility index (Phi) is 6.98. The van der Waals surface area contributed by atoms with E-state index in [9.17, 15) is 8.51 Å². The Bertz CT molecular complexity index is 2660. The predicted octanol–water partition coefficient (Wildman–Crippen LogP) is 13.7. The topological polar surface area (TPSA) is 0 Å². The van der Waals surface area contributed by atoms with Crippen molar-refractivity contribution in [1.29, 1.82) is 0 Å². The van der Waals surface area contributed by atoms with Crippen LogP contribution in [-0.2, 0) is 17.4 Å². The van der Waals surface area contributed by atoms with Gasteiger partial charge in [-0.25, -0.2) is 0 Å². The molecule has 9 rings (SSSR count). The molecule has 2 aliphatic rings. The maximum atomic E-state index is 9.41. The van der Waals surface area contributed by atoms with Gasteiger partial charge >= 0.3 is 310 Å². The summed E-state index contributed by atoms with van der Waals surface area (Å²) in [7, 11) is 9.41. The van der Waals surface area contributed by atoms with Crippen molar-refractivity contribution in [3.63, 3.8) is 0 Å². The third kappa shape index (κ3) is 4.87. The van der Waals surface area contributed by atoms with Gasteiger partial charge in [0.2, 0.25) is 0 Å². The molecule has 0 heterocycles. The second-order valence-electron chi connectivity index (χ2n) is 18.1. The van der Waals surface area contributed by atoms with E-state index in [1.807, 2.05) is 0 Å². The zero-order valence-corrected chi connectivity index (χ0v) is 35.2. The molecule has 7 aromatic carbocycles. The molecule has 2 aliphatic carbocycles. The summed E-state index contributed by atoms with van der Waals surface area (Å²) < 4.78 is 6.20. The Morgan fingerprint density at radius 2 is 0.865 bits per heavy atom. The first kappa shape index (κ1) is 33.7. The van der Waals surface area contributed by atoms with E-state index in [0.29, 0.717) is 0 Å². The first-order chi connectivity index (χ1) is 24.8. The molecule has 3 heteroatoms. The number of benzene rings is 7. The molecule has 52 heavy (non-hydrogen) atoms. The van der Waals surface area contributed by atoms with Gasteiger partial charge in [-0.05, 0) is 0 Å². The molecular formula is C49H45ClSiZr. The van der Waals surface area contributed by atoms with Crippen molar-refractivity contribution in [2.45, 2.75) is 34.5 Å². The summed E-state index contributed by atoms with van der Waals surface area (Å²) in [4.78, 5) is 0. The molecule has 0 N–H and O–H groups in total. The van der Waals surface area contributed by atoms with Crippen LogP contribution >= 0.6 is 8.51 Å². The summed E-state index contributed by atoms with van der Waals surface area (Å²) >= 11 is -5.83. The van der Waals surface area contributed by atoms with Crippen LogP contribution in [0.25, 0.3) is 56.0 Å². The number of hydrogen-bond acceptors (Lipinski definition) is 0. The van der Waals surface area contributed by atoms with Crippen LogP contribution in [0, 0.1) is 0 Å². The molecule has 7 aromatic rings. The Morgan fingerprint density at radius 1 is 0.481 bits per heavy atom. The van der Waals surface area contributed by atoms with Crippen molar-refractivity contribution >= 4 is 49.1 Å². The van der Waals surface area contributed by atoms with Gasteiger partial charge in [0.15, 0.2) is 0 Å². The van der Waals surface area contributed by atoms with E-state index in [2.05, 4.69) is 194 Å². The van der Waals surface area contributed by atoms with Crippen molar-refractivity contribution < 1.29 is 13.2 Å². The fourth-order valence-corrected chi connectivity index (χ4v) is 48.9. The van der Waals surface area contributed by atoms with E-state index in [4.69, 9.17) is 0 Å². The second kappa shape index (κ2) is 10.8. The SMILES string of the molecule is CC1=Cc2c(-c3cccc4ccccc34)cccc2[CH]1[Zr]([CH3])([CH3])(=[SiH2])([Cl])([CH2]c1ccccc1)[CH]1C(C)=Cc2c(-c3cccc4ccccc34)cccc21. The summed E-state index contributed by atoms with van der Waals surface area (Å²) in [5, 5.41) is 5.09. The fraction of sp³-hybridized carbons (Fsp3) is 0.143. The Morgan fingerprint density at radius 3 is 1.35 bits per heavy atom. The van der Waals surface area contributed by atoms with Crippen molar-refractivity contribution in [3.05, 3.63) is 191 Å². The zero-order valence-electron chi connectivity index (χ0n) is 30.5. The fourth-order valence-electron chi connectivity index (χ4n) is 11.7. The summed E-state index contributed by atoms with van der Waals surface area (Å²) in [6.45, 7) is 6.97. The van der Waals surface area contributed by atoms with Gasteiger partial charge in [-0.15, -0.1) is 0 Å². The molecule has 2 unspecified atom stereocenters. The monoisotopic (exact) mass is 786 g/mol. The van der Waals surface area contributed by atoms with Crippen LogP contribution in [0.15, 0.2) is 163 Å². The van der Waals surface area contributed by atoms with Crippen LogP contribution in [0.5, 0.6) is 0 Å². The van der Waals surface area contributed by atoms with Crippen LogP contribution in [0.1, 0.15) is 48.9 Å². The summed E-state index contributed by atoms with van der Waals surface area (Å²) in [6.07, 6.45) is 4.97. The molecule has 0 fully saturated rings. The van der Waals surface area contributed by atoms with E-state index in [1.165, 1.54) is 82.8 Å². The van der Waals surface area contributed by atoms with Gasteiger partial charge < -0.3 is 0 Å². The molecular weight excluding hydrogens is 743 g/mol. The molecule has 2 atom stereocenters. The van der Waals surface area contributed by atoms with Gasteiger partial charge in [0, 0.05) is 0 Å². The van der Waals surface area contributed by atoms with Crippen LogP contribution in [-0.4, -0.2) is 6.88 Å². The molecule has 0 saturated carbocycles. The van der Waals surface area contributed by atoms with Gasteiger partial charge in [-0.1, -0.05) is 0 Å². The Balaban J connectivity index is 1.32. The minimum absolute atomic E-state index is 0.0717. The first-order valence-electron chi connectivity index (χ1n) is 18.7. The zero-order chi connectivity index (χ0) is 36.0. The summed E-state index contributed by atoms with van der Waals surface area (Å²) in [5.74, 6) is 0. The number of rotatable bonds is 6. The Labute approximate surface area is 307 Å². The molecule has 0 bridgehead atoms. The average molecular weight is 789 g/mol. The molecule has 0 aromatic heterocycles. The molecule has 0 saturated heterocycles. The normalized spacial score (nSPS) is 18.8. The van der Waals surface area contributed by atoms with Crippen LogP contribution in [0.3, 0.4) is 0 Å². The van der Waals surface area contributed by atoms with E-state index >= 15 is 0 Å². The summed E-state index contributed by atoms with van der Waals surface area (Å²) in [6, 6.07) is 56.0. The Hall–Kier alpha value is -4.07. The van der Waals surface area contributed by atoms with E-state index < -0.39 is 13.2 Å². The van der Waals surface area contributed by atoms with Gasteiger partial charge in [0.25, 0.3) is 0 Å². The first-order valence-corrected chi connectivity index (χ1v) is 37.3. The van der Waals surface area contributed by atoms with Gasteiger partial charge in [0.1, 0.15) is 0 Å². The van der Waals surface area contributed by atoms with Gasteiger partial charge in [-0.3, -0.25) is 0 Å².